The van der Waals surface area contributed by atoms with Crippen molar-refractivity contribution < 1.29 is 23.9 Å². The van der Waals surface area contributed by atoms with Crippen LogP contribution in [0.4, 0.5) is 0 Å². The van der Waals surface area contributed by atoms with Gasteiger partial charge in [-0.2, -0.15) is 5.53 Å². The predicted octanol–water partition coefficient (Wildman–Crippen LogP) is 0.126. The van der Waals surface area contributed by atoms with Gasteiger partial charge in [0.2, 0.25) is 23.6 Å². The topological polar surface area (TPSA) is 143 Å². The average Bonchev–Trinajstić information content (AvgIpc) is 2.83. The van der Waals surface area contributed by atoms with Crippen LogP contribution in [0.5, 0.6) is 0 Å². The number of likely N-dealkylation sites (tertiary alicyclic amines) is 1. The van der Waals surface area contributed by atoms with Gasteiger partial charge >= 0.3 is 0 Å². The molecule has 1 aliphatic rings. The van der Waals surface area contributed by atoms with Gasteiger partial charge in [0.15, 0.2) is 0 Å². The first-order valence-electron chi connectivity index (χ1n) is 9.90. The Morgan fingerprint density at radius 1 is 1.14 bits per heavy atom. The predicted molar refractivity (Wildman–Crippen MR) is 107 cm³/mol. The van der Waals surface area contributed by atoms with E-state index in [1.54, 1.807) is 6.92 Å². The van der Waals surface area contributed by atoms with Crippen LogP contribution in [0.3, 0.4) is 0 Å². The zero-order valence-corrected chi connectivity index (χ0v) is 18.1. The summed E-state index contributed by atoms with van der Waals surface area (Å²) in [6.07, 6.45) is 1.64. The molecule has 0 aliphatic carbocycles. The molecule has 0 aromatic heterocycles. The summed E-state index contributed by atoms with van der Waals surface area (Å²) in [5.41, 5.74) is 3.38. The van der Waals surface area contributed by atoms with E-state index in [1.807, 2.05) is 27.7 Å². The number of hydrazine groups is 2. The molecule has 1 heterocycles. The molecule has 29 heavy (non-hydrogen) atoms. The number of hydrogen-bond donors (Lipinski definition) is 4. The quantitative estimate of drug-likeness (QED) is 0.202. The smallest absolute Gasteiger partial charge is 0.235 e. The van der Waals surface area contributed by atoms with Crippen LogP contribution in [-0.2, 0) is 23.9 Å². The fraction of sp³-hybridized carbons (Fsp3) is 0.789. The van der Waals surface area contributed by atoms with Crippen molar-refractivity contribution in [3.8, 4) is 0 Å². The standard InChI is InChI=1S/C19H35N5O5/c1-13-12-16(27)24(17(13)28)10-7-14(25)21-18(2,3)9-11-29-19(4,5)8-6-15(26)22-23-20/h13,23H,6-12,20H2,1-5H3,(H,21,25)(H,22,26). The Kier molecular flexibility index (Phi) is 9.18. The van der Waals surface area contributed by atoms with Crippen LogP contribution in [0, 0.1) is 5.92 Å². The van der Waals surface area contributed by atoms with Crippen LogP contribution in [0.25, 0.3) is 0 Å². The number of nitrogens with two attached hydrogens (primary N) is 1. The van der Waals surface area contributed by atoms with Crippen molar-refractivity contribution >= 4 is 23.6 Å². The Hall–Kier alpha value is -2.04. The van der Waals surface area contributed by atoms with Gasteiger partial charge in [0.1, 0.15) is 0 Å². The Bertz CT molecular complexity index is 620. The van der Waals surface area contributed by atoms with Crippen LogP contribution in [0.1, 0.15) is 66.7 Å². The minimum Gasteiger partial charge on any atom is -0.375 e. The van der Waals surface area contributed by atoms with E-state index >= 15 is 0 Å². The summed E-state index contributed by atoms with van der Waals surface area (Å²) in [6.45, 7) is 9.78. The Morgan fingerprint density at radius 2 is 1.79 bits per heavy atom. The normalized spacial score (nSPS) is 17.6. The molecule has 10 nitrogen and oxygen atoms in total. The second kappa shape index (κ2) is 10.7. The van der Waals surface area contributed by atoms with Gasteiger partial charge in [-0.05, 0) is 40.5 Å². The highest BCUT2D eigenvalue weighted by Crippen LogP contribution is 2.20. The van der Waals surface area contributed by atoms with E-state index in [9.17, 15) is 19.2 Å². The van der Waals surface area contributed by atoms with Crippen LogP contribution in [0.15, 0.2) is 0 Å². The van der Waals surface area contributed by atoms with Crippen molar-refractivity contribution in [2.24, 2.45) is 11.8 Å². The molecule has 1 unspecified atom stereocenters. The summed E-state index contributed by atoms with van der Waals surface area (Å²) in [6, 6.07) is 0. The lowest BCUT2D eigenvalue weighted by Gasteiger charge is -2.30. The highest BCUT2D eigenvalue weighted by molar-refractivity contribution is 6.03. The van der Waals surface area contributed by atoms with Crippen LogP contribution in [0.2, 0.25) is 0 Å². The maximum atomic E-state index is 12.2. The number of carbonyl (C=O) groups excluding carboxylic acids is 4. The number of ether oxygens (including phenoxy) is 1. The van der Waals surface area contributed by atoms with E-state index in [0.29, 0.717) is 19.4 Å². The molecule has 1 rings (SSSR count). The highest BCUT2D eigenvalue weighted by Gasteiger charge is 2.35. The third-order valence-corrected chi connectivity index (χ3v) is 4.90. The van der Waals surface area contributed by atoms with Crippen molar-refractivity contribution in [3.63, 3.8) is 0 Å². The number of hydrogen-bond acceptors (Lipinski definition) is 7. The average molecular weight is 414 g/mol. The molecule has 1 fully saturated rings. The van der Waals surface area contributed by atoms with Crippen molar-refractivity contribution in [2.75, 3.05) is 13.2 Å². The van der Waals surface area contributed by atoms with Crippen LogP contribution >= 0.6 is 0 Å². The number of nitrogens with zero attached hydrogens (tertiary/aromatic N) is 1. The molecule has 0 spiro atoms. The lowest BCUT2D eigenvalue weighted by molar-refractivity contribution is -0.139. The van der Waals surface area contributed by atoms with Crippen LogP contribution in [-0.4, -0.2) is 52.8 Å². The van der Waals surface area contributed by atoms with Gasteiger partial charge in [0.25, 0.3) is 0 Å². The molecule has 0 bridgehead atoms. The lowest BCUT2D eigenvalue weighted by atomic mass is 9.99. The first kappa shape index (κ1) is 25.0. The third-order valence-electron chi connectivity index (χ3n) is 4.90. The molecule has 0 saturated carbocycles. The second-order valence-corrected chi connectivity index (χ2v) is 8.72. The van der Waals surface area contributed by atoms with E-state index in [2.05, 4.69) is 16.3 Å². The number of amides is 4. The Labute approximate surface area is 172 Å². The first-order chi connectivity index (χ1) is 13.4. The summed E-state index contributed by atoms with van der Waals surface area (Å²) >= 11 is 0. The van der Waals surface area contributed by atoms with E-state index in [-0.39, 0.29) is 55.4 Å². The fourth-order valence-corrected chi connectivity index (χ4v) is 3.01. The monoisotopic (exact) mass is 413 g/mol. The maximum absolute atomic E-state index is 12.2. The molecule has 1 aliphatic heterocycles. The summed E-state index contributed by atoms with van der Waals surface area (Å²) < 4.78 is 5.88. The highest BCUT2D eigenvalue weighted by atomic mass is 16.5. The zero-order valence-electron chi connectivity index (χ0n) is 18.1. The molecule has 166 valence electrons. The molecule has 5 N–H and O–H groups in total. The molecule has 0 aromatic carbocycles. The summed E-state index contributed by atoms with van der Waals surface area (Å²) in [5, 5.41) is 2.92. The molecule has 1 saturated heterocycles. The van der Waals surface area contributed by atoms with Crippen molar-refractivity contribution in [3.05, 3.63) is 0 Å². The number of imide groups is 1. The van der Waals surface area contributed by atoms with Crippen molar-refractivity contribution in [1.82, 2.24) is 21.2 Å². The molecular weight excluding hydrogens is 378 g/mol. The number of nitrogens with one attached hydrogen (secondary N) is 3. The lowest BCUT2D eigenvalue weighted by Crippen LogP contribution is -2.46. The zero-order chi connectivity index (χ0) is 22.2. The van der Waals surface area contributed by atoms with E-state index < -0.39 is 11.1 Å². The number of carbonyl (C=O) groups is 4. The third kappa shape index (κ3) is 8.88. The second-order valence-electron chi connectivity index (χ2n) is 8.72. The van der Waals surface area contributed by atoms with Gasteiger partial charge in [-0.3, -0.25) is 35.3 Å². The SMILES string of the molecule is CC1CC(=O)N(CCC(=O)NC(C)(C)CCOC(C)(C)CCC(=O)NNN)C1=O. The molecule has 4 amide bonds. The van der Waals surface area contributed by atoms with Crippen LogP contribution < -0.4 is 22.1 Å². The molecule has 1 atom stereocenters. The molecule has 0 radical (unpaired) electrons. The van der Waals surface area contributed by atoms with Gasteiger partial charge in [-0.1, -0.05) is 6.92 Å². The first-order valence-corrected chi connectivity index (χ1v) is 9.90. The fourth-order valence-electron chi connectivity index (χ4n) is 3.01. The maximum Gasteiger partial charge on any atom is 0.235 e. The molecule has 10 heteroatoms. The Balaban J connectivity index is 2.35. The molecular formula is C19H35N5O5. The summed E-state index contributed by atoms with van der Waals surface area (Å²) in [5.74, 6) is 3.85. The van der Waals surface area contributed by atoms with Crippen molar-refractivity contribution in [2.45, 2.75) is 77.9 Å². The largest absolute Gasteiger partial charge is 0.375 e. The number of rotatable bonds is 12. The Morgan fingerprint density at radius 3 is 2.34 bits per heavy atom. The van der Waals surface area contributed by atoms with E-state index in [0.717, 1.165) is 0 Å². The van der Waals surface area contributed by atoms with Gasteiger partial charge in [0.05, 0.1) is 5.60 Å². The minimum absolute atomic E-state index is 0.0737. The van der Waals surface area contributed by atoms with Gasteiger partial charge in [0, 0.05) is 43.9 Å². The van der Waals surface area contributed by atoms with Gasteiger partial charge in [-0.25, -0.2) is 0 Å². The summed E-state index contributed by atoms with van der Waals surface area (Å²) in [7, 11) is 0. The van der Waals surface area contributed by atoms with Crippen molar-refractivity contribution in [1.29, 1.82) is 0 Å². The molecule has 0 aromatic rings. The van der Waals surface area contributed by atoms with E-state index in [1.165, 1.54) is 4.90 Å². The summed E-state index contributed by atoms with van der Waals surface area (Å²) in [4.78, 5) is 48.6. The minimum atomic E-state index is -0.514. The van der Waals surface area contributed by atoms with Gasteiger partial charge < -0.3 is 10.1 Å². The van der Waals surface area contributed by atoms with Gasteiger partial charge in [-0.15, -0.1) is 0 Å². The van der Waals surface area contributed by atoms with E-state index in [4.69, 9.17) is 10.6 Å².